The van der Waals surface area contributed by atoms with Crippen LogP contribution in [0.4, 0.5) is 0 Å². The number of nitrogens with one attached hydrogen (secondary N) is 2. The second kappa shape index (κ2) is 6.54. The summed E-state index contributed by atoms with van der Waals surface area (Å²) in [6.07, 6.45) is 3.36. The SMILES string of the molecule is Cc1ccc(-c2cc(C(=O)NCc3ccncc3)[nH]n2)c(O)c1C. The molecule has 2 aromatic heterocycles. The minimum atomic E-state index is -0.256. The van der Waals surface area contributed by atoms with Gasteiger partial charge in [0.15, 0.2) is 0 Å². The minimum Gasteiger partial charge on any atom is -0.507 e. The van der Waals surface area contributed by atoms with Gasteiger partial charge in [-0.15, -0.1) is 0 Å². The van der Waals surface area contributed by atoms with Crippen LogP contribution in [0, 0.1) is 13.8 Å². The number of carbonyl (C=O) groups excluding carboxylic acids is 1. The molecule has 122 valence electrons. The zero-order valence-electron chi connectivity index (χ0n) is 13.5. The predicted molar refractivity (Wildman–Crippen MR) is 90.6 cm³/mol. The Morgan fingerprint density at radius 2 is 1.96 bits per heavy atom. The molecule has 24 heavy (non-hydrogen) atoms. The van der Waals surface area contributed by atoms with Gasteiger partial charge in [0.2, 0.25) is 0 Å². The van der Waals surface area contributed by atoms with Gasteiger partial charge in [-0.1, -0.05) is 6.07 Å². The van der Waals surface area contributed by atoms with E-state index in [1.54, 1.807) is 24.5 Å². The van der Waals surface area contributed by atoms with E-state index >= 15 is 0 Å². The van der Waals surface area contributed by atoms with E-state index in [1.807, 2.05) is 32.0 Å². The Hall–Kier alpha value is -3.15. The number of nitrogens with zero attached hydrogens (tertiary/aromatic N) is 2. The molecule has 3 aromatic rings. The highest BCUT2D eigenvalue weighted by atomic mass is 16.3. The van der Waals surface area contributed by atoms with E-state index in [2.05, 4.69) is 20.5 Å². The van der Waals surface area contributed by atoms with Crippen LogP contribution in [0.15, 0.2) is 42.7 Å². The Morgan fingerprint density at radius 3 is 2.71 bits per heavy atom. The van der Waals surface area contributed by atoms with Crippen LogP contribution in [-0.2, 0) is 6.54 Å². The molecule has 0 bridgehead atoms. The number of aromatic nitrogens is 3. The molecule has 2 heterocycles. The van der Waals surface area contributed by atoms with Gasteiger partial charge in [0.25, 0.3) is 5.91 Å². The van der Waals surface area contributed by atoms with Gasteiger partial charge in [0, 0.05) is 24.5 Å². The van der Waals surface area contributed by atoms with Crippen molar-refractivity contribution >= 4 is 5.91 Å². The zero-order valence-corrected chi connectivity index (χ0v) is 13.5. The van der Waals surface area contributed by atoms with E-state index < -0.39 is 0 Å². The first-order valence-electron chi connectivity index (χ1n) is 7.58. The molecule has 0 radical (unpaired) electrons. The second-order valence-electron chi connectivity index (χ2n) is 5.61. The Morgan fingerprint density at radius 1 is 1.21 bits per heavy atom. The zero-order chi connectivity index (χ0) is 17.1. The summed E-state index contributed by atoms with van der Waals surface area (Å²) < 4.78 is 0. The van der Waals surface area contributed by atoms with Gasteiger partial charge in [-0.05, 0) is 54.8 Å². The molecule has 0 aliphatic rings. The molecule has 1 aromatic carbocycles. The van der Waals surface area contributed by atoms with Gasteiger partial charge in [0.05, 0.1) is 5.69 Å². The first-order chi connectivity index (χ1) is 11.6. The largest absolute Gasteiger partial charge is 0.507 e. The van der Waals surface area contributed by atoms with Crippen molar-refractivity contribution in [3.63, 3.8) is 0 Å². The fraction of sp³-hybridized carbons (Fsp3) is 0.167. The summed E-state index contributed by atoms with van der Waals surface area (Å²) in [6, 6.07) is 9.03. The summed E-state index contributed by atoms with van der Waals surface area (Å²) in [5.41, 5.74) is 4.25. The summed E-state index contributed by atoms with van der Waals surface area (Å²) in [5.74, 6) is -0.0703. The van der Waals surface area contributed by atoms with Gasteiger partial charge in [-0.25, -0.2) is 0 Å². The maximum absolute atomic E-state index is 12.2. The van der Waals surface area contributed by atoms with Crippen LogP contribution in [0.3, 0.4) is 0 Å². The normalized spacial score (nSPS) is 10.6. The fourth-order valence-corrected chi connectivity index (χ4v) is 2.36. The second-order valence-corrected chi connectivity index (χ2v) is 5.61. The molecule has 3 N–H and O–H groups in total. The summed E-state index contributed by atoms with van der Waals surface area (Å²) >= 11 is 0. The number of aryl methyl sites for hydroxylation is 1. The third-order valence-electron chi connectivity index (χ3n) is 4.00. The number of hydrogen-bond acceptors (Lipinski definition) is 4. The molecular formula is C18H18N4O2. The number of phenolic OH excluding ortho intramolecular Hbond substituents is 1. The van der Waals surface area contributed by atoms with Crippen molar-refractivity contribution in [1.82, 2.24) is 20.5 Å². The molecule has 6 heteroatoms. The highest BCUT2D eigenvalue weighted by Gasteiger charge is 2.15. The predicted octanol–water partition coefficient (Wildman–Crippen LogP) is 2.72. The average molecular weight is 322 g/mol. The van der Waals surface area contributed by atoms with Crippen LogP contribution in [0.25, 0.3) is 11.3 Å². The van der Waals surface area contributed by atoms with Crippen molar-refractivity contribution < 1.29 is 9.90 Å². The molecule has 0 aliphatic heterocycles. The van der Waals surface area contributed by atoms with Gasteiger partial charge in [-0.3, -0.25) is 14.9 Å². The van der Waals surface area contributed by atoms with Crippen LogP contribution in [-0.4, -0.2) is 26.2 Å². The minimum absolute atomic E-state index is 0.185. The Kier molecular flexibility index (Phi) is 4.29. The third kappa shape index (κ3) is 3.12. The maximum Gasteiger partial charge on any atom is 0.269 e. The van der Waals surface area contributed by atoms with Crippen LogP contribution in [0.2, 0.25) is 0 Å². The standard InChI is InChI=1S/C18H18N4O2/c1-11-3-4-14(17(23)12(11)2)15-9-16(22-21-15)18(24)20-10-13-5-7-19-8-6-13/h3-9,23H,10H2,1-2H3,(H,20,24)(H,21,22). The summed E-state index contributed by atoms with van der Waals surface area (Å²) in [5, 5.41) is 19.9. The Labute approximate surface area is 139 Å². The first kappa shape index (κ1) is 15.7. The van der Waals surface area contributed by atoms with Crippen molar-refractivity contribution in [2.45, 2.75) is 20.4 Å². The number of phenols is 1. The fourth-order valence-electron chi connectivity index (χ4n) is 2.36. The summed E-state index contributed by atoms with van der Waals surface area (Å²) in [6.45, 7) is 4.19. The lowest BCUT2D eigenvalue weighted by atomic mass is 10.0. The molecule has 0 saturated carbocycles. The molecule has 0 unspecified atom stereocenters. The van der Waals surface area contributed by atoms with Gasteiger partial charge < -0.3 is 10.4 Å². The van der Waals surface area contributed by atoms with Crippen molar-refractivity contribution in [2.24, 2.45) is 0 Å². The number of H-pyrrole nitrogens is 1. The number of aromatic amines is 1. The molecule has 0 atom stereocenters. The van der Waals surface area contributed by atoms with Gasteiger partial charge in [-0.2, -0.15) is 5.10 Å². The number of pyridine rings is 1. The maximum atomic E-state index is 12.2. The van der Waals surface area contributed by atoms with Crippen LogP contribution in [0.5, 0.6) is 5.75 Å². The molecule has 0 saturated heterocycles. The number of benzene rings is 1. The molecule has 0 aliphatic carbocycles. The number of aromatic hydroxyl groups is 1. The number of rotatable bonds is 4. The first-order valence-corrected chi connectivity index (χ1v) is 7.58. The number of carbonyl (C=O) groups is 1. The lowest BCUT2D eigenvalue weighted by Crippen LogP contribution is -2.23. The average Bonchev–Trinajstić information content (AvgIpc) is 3.08. The topological polar surface area (TPSA) is 90.9 Å². The van der Waals surface area contributed by atoms with Crippen molar-refractivity contribution in [1.29, 1.82) is 0 Å². The summed E-state index contributed by atoms with van der Waals surface area (Å²) in [7, 11) is 0. The Bertz CT molecular complexity index is 872. The van der Waals surface area contributed by atoms with Crippen molar-refractivity contribution in [3.8, 4) is 17.0 Å². The highest BCUT2D eigenvalue weighted by molar-refractivity contribution is 5.93. The molecule has 0 spiro atoms. The Balaban J connectivity index is 1.76. The number of amides is 1. The highest BCUT2D eigenvalue weighted by Crippen LogP contribution is 2.32. The van der Waals surface area contributed by atoms with Gasteiger partial charge in [0.1, 0.15) is 11.4 Å². The van der Waals surface area contributed by atoms with E-state index in [4.69, 9.17) is 0 Å². The van der Waals surface area contributed by atoms with Crippen LogP contribution < -0.4 is 5.32 Å². The van der Waals surface area contributed by atoms with Crippen LogP contribution in [0.1, 0.15) is 27.2 Å². The van der Waals surface area contributed by atoms with E-state index in [9.17, 15) is 9.90 Å². The van der Waals surface area contributed by atoms with E-state index in [-0.39, 0.29) is 11.7 Å². The molecule has 3 rings (SSSR count). The van der Waals surface area contributed by atoms with Gasteiger partial charge >= 0.3 is 0 Å². The molecule has 1 amide bonds. The van der Waals surface area contributed by atoms with Crippen LogP contribution >= 0.6 is 0 Å². The lowest BCUT2D eigenvalue weighted by Gasteiger charge is -2.07. The summed E-state index contributed by atoms with van der Waals surface area (Å²) in [4.78, 5) is 16.1. The van der Waals surface area contributed by atoms with E-state index in [0.717, 1.165) is 16.7 Å². The number of hydrogen-bond donors (Lipinski definition) is 3. The van der Waals surface area contributed by atoms with Crippen molar-refractivity contribution in [3.05, 3.63) is 65.1 Å². The van der Waals surface area contributed by atoms with E-state index in [1.165, 1.54) is 0 Å². The quantitative estimate of drug-likeness (QED) is 0.689. The third-order valence-corrected chi connectivity index (χ3v) is 4.00. The van der Waals surface area contributed by atoms with Crippen molar-refractivity contribution in [2.75, 3.05) is 0 Å². The monoisotopic (exact) mass is 322 g/mol. The molecule has 6 nitrogen and oxygen atoms in total. The smallest absolute Gasteiger partial charge is 0.269 e. The molecule has 0 fully saturated rings. The van der Waals surface area contributed by atoms with E-state index in [0.29, 0.717) is 23.5 Å². The lowest BCUT2D eigenvalue weighted by molar-refractivity contribution is 0.0946. The molecular weight excluding hydrogens is 304 g/mol.